The smallest absolute Gasteiger partial charge is 0.212 e. The Hall–Kier alpha value is -3.32. The second-order valence-electron chi connectivity index (χ2n) is 8.65. The lowest BCUT2D eigenvalue weighted by Gasteiger charge is -2.29. The van der Waals surface area contributed by atoms with Gasteiger partial charge in [0.25, 0.3) is 0 Å². The number of hydrogen-bond donors (Lipinski definition) is 1. The molecule has 4 rings (SSSR count). The second kappa shape index (κ2) is 11.2. The molecule has 1 atom stereocenters. The third-order valence-electron chi connectivity index (χ3n) is 6.34. The van der Waals surface area contributed by atoms with Crippen LogP contribution in [0, 0.1) is 0 Å². The fraction of sp³-hybridized carbons (Fsp3) is 0.407. The first kappa shape index (κ1) is 23.8. The maximum Gasteiger partial charge on any atom is 0.212 e. The zero-order chi connectivity index (χ0) is 23.9. The number of pyridine rings is 1. The Balaban J connectivity index is 1.94. The molecule has 1 aliphatic heterocycles. The van der Waals surface area contributed by atoms with Crippen molar-refractivity contribution < 1.29 is 9.47 Å². The van der Waals surface area contributed by atoms with Gasteiger partial charge in [-0.2, -0.15) is 5.10 Å². The van der Waals surface area contributed by atoms with Crippen molar-refractivity contribution in [3.8, 4) is 11.7 Å². The third kappa shape index (κ3) is 5.25. The van der Waals surface area contributed by atoms with Gasteiger partial charge in [0.2, 0.25) is 5.88 Å². The van der Waals surface area contributed by atoms with Crippen LogP contribution < -0.4 is 15.3 Å². The van der Waals surface area contributed by atoms with E-state index < -0.39 is 0 Å². The molecule has 0 aliphatic carbocycles. The highest BCUT2D eigenvalue weighted by molar-refractivity contribution is 5.74. The van der Waals surface area contributed by atoms with E-state index in [9.17, 15) is 0 Å². The summed E-state index contributed by atoms with van der Waals surface area (Å²) in [7, 11) is 1.64. The van der Waals surface area contributed by atoms with Gasteiger partial charge in [-0.25, -0.2) is 4.98 Å². The normalized spacial score (nSPS) is 18.7. The Bertz CT molecular complexity index is 1210. The van der Waals surface area contributed by atoms with Crippen molar-refractivity contribution in [2.75, 3.05) is 26.9 Å². The van der Waals surface area contributed by atoms with Crippen molar-refractivity contribution in [3.63, 3.8) is 0 Å². The van der Waals surface area contributed by atoms with Crippen LogP contribution >= 0.6 is 0 Å². The van der Waals surface area contributed by atoms with Crippen molar-refractivity contribution >= 4 is 11.6 Å². The van der Waals surface area contributed by atoms with E-state index in [1.54, 1.807) is 13.3 Å². The van der Waals surface area contributed by atoms with E-state index in [-0.39, 0.29) is 0 Å². The predicted molar refractivity (Wildman–Crippen MR) is 135 cm³/mol. The van der Waals surface area contributed by atoms with E-state index in [2.05, 4.69) is 75.9 Å². The molecule has 0 aromatic carbocycles. The van der Waals surface area contributed by atoms with Crippen LogP contribution in [-0.2, 0) is 4.74 Å². The third-order valence-corrected chi connectivity index (χ3v) is 6.34. The summed E-state index contributed by atoms with van der Waals surface area (Å²) < 4.78 is 13.2. The van der Waals surface area contributed by atoms with Crippen LogP contribution in [-0.4, -0.2) is 57.6 Å². The highest BCUT2D eigenvalue weighted by atomic mass is 16.5. The minimum atomic E-state index is 0.426. The molecule has 0 amide bonds. The highest BCUT2D eigenvalue weighted by Gasteiger charge is 2.18. The summed E-state index contributed by atoms with van der Waals surface area (Å²) in [5.41, 5.74) is 3.40. The van der Waals surface area contributed by atoms with Crippen LogP contribution in [0.15, 0.2) is 54.6 Å². The SMILES string of the molecule is CCC/C=c1/c(=C(\C=C(/C)N2CCOCCC2C)c2ccc(OC)nc2)ccn1-c1ccn[nH]1. The monoisotopic (exact) mass is 461 g/mol. The van der Waals surface area contributed by atoms with Gasteiger partial charge in [0.15, 0.2) is 0 Å². The maximum atomic E-state index is 5.74. The minimum absolute atomic E-state index is 0.426. The Morgan fingerprint density at radius 3 is 2.85 bits per heavy atom. The number of aromatic amines is 1. The van der Waals surface area contributed by atoms with Crippen LogP contribution in [0.2, 0.25) is 0 Å². The molecule has 1 aliphatic rings. The Morgan fingerprint density at radius 2 is 2.15 bits per heavy atom. The molecule has 1 fully saturated rings. The molecule has 4 heterocycles. The van der Waals surface area contributed by atoms with E-state index in [1.807, 2.05) is 18.3 Å². The molecule has 0 spiro atoms. The van der Waals surface area contributed by atoms with Gasteiger partial charge in [-0.15, -0.1) is 0 Å². The van der Waals surface area contributed by atoms with Crippen molar-refractivity contribution in [3.05, 3.63) is 70.8 Å². The summed E-state index contributed by atoms with van der Waals surface area (Å²) in [5.74, 6) is 1.55. The molecule has 34 heavy (non-hydrogen) atoms. The Kier molecular flexibility index (Phi) is 7.85. The molecule has 1 N–H and O–H groups in total. The molecule has 0 saturated carbocycles. The van der Waals surface area contributed by atoms with E-state index in [0.29, 0.717) is 11.9 Å². The number of H-pyrrole nitrogens is 1. The second-order valence-corrected chi connectivity index (χ2v) is 8.65. The lowest BCUT2D eigenvalue weighted by atomic mass is 10.0. The topological polar surface area (TPSA) is 68.2 Å². The number of aromatic nitrogens is 4. The number of hydrogen-bond acceptors (Lipinski definition) is 5. The molecular weight excluding hydrogens is 426 g/mol. The standard InChI is InChI=1S/C27H35N5O2/c1-5-6-7-25-23(11-14-32(25)26-10-13-29-30-26)24(22-8-9-27(33-4)28-19-22)18-21(3)31-15-17-34-16-12-20(31)2/h7-11,13-14,18-20H,5-6,12,15-17H2,1-4H3,(H,29,30)/b21-18+,24-23+,25-7-. The average molecular weight is 462 g/mol. The fourth-order valence-electron chi connectivity index (χ4n) is 4.44. The van der Waals surface area contributed by atoms with Gasteiger partial charge < -0.3 is 18.9 Å². The maximum absolute atomic E-state index is 5.74. The van der Waals surface area contributed by atoms with Gasteiger partial charge in [-0.3, -0.25) is 5.10 Å². The van der Waals surface area contributed by atoms with Crippen LogP contribution in [0.3, 0.4) is 0 Å². The summed E-state index contributed by atoms with van der Waals surface area (Å²) >= 11 is 0. The molecule has 0 bridgehead atoms. The van der Waals surface area contributed by atoms with Gasteiger partial charge in [0.1, 0.15) is 5.82 Å². The lowest BCUT2D eigenvalue weighted by Crippen LogP contribution is -2.33. The Morgan fingerprint density at radius 1 is 1.26 bits per heavy atom. The predicted octanol–water partition coefficient (Wildman–Crippen LogP) is 3.40. The molecule has 7 nitrogen and oxygen atoms in total. The lowest BCUT2D eigenvalue weighted by molar-refractivity contribution is 0.145. The van der Waals surface area contributed by atoms with Crippen LogP contribution in [0.1, 0.15) is 45.6 Å². The minimum Gasteiger partial charge on any atom is -0.481 e. The first-order valence-electron chi connectivity index (χ1n) is 12.1. The number of nitrogens with one attached hydrogen (secondary N) is 1. The number of allylic oxidation sites excluding steroid dienone is 2. The summed E-state index contributed by atoms with van der Waals surface area (Å²) in [4.78, 5) is 6.95. The van der Waals surface area contributed by atoms with E-state index >= 15 is 0 Å². The van der Waals surface area contributed by atoms with Crippen molar-refractivity contribution in [2.45, 2.75) is 46.1 Å². The zero-order valence-corrected chi connectivity index (χ0v) is 20.6. The fourth-order valence-corrected chi connectivity index (χ4v) is 4.44. The largest absolute Gasteiger partial charge is 0.481 e. The highest BCUT2D eigenvalue weighted by Crippen LogP contribution is 2.21. The van der Waals surface area contributed by atoms with Gasteiger partial charge in [-0.1, -0.05) is 19.4 Å². The van der Waals surface area contributed by atoms with Crippen LogP contribution in [0.4, 0.5) is 0 Å². The first-order valence-corrected chi connectivity index (χ1v) is 12.1. The number of nitrogens with zero attached hydrogens (tertiary/aromatic N) is 4. The van der Waals surface area contributed by atoms with Gasteiger partial charge >= 0.3 is 0 Å². The van der Waals surface area contributed by atoms with E-state index in [1.165, 1.54) is 5.70 Å². The van der Waals surface area contributed by atoms with Gasteiger partial charge in [-0.05, 0) is 50.5 Å². The van der Waals surface area contributed by atoms with Crippen LogP contribution in [0.25, 0.3) is 17.5 Å². The Labute approximate surface area is 201 Å². The van der Waals surface area contributed by atoms with Crippen molar-refractivity contribution in [1.82, 2.24) is 24.6 Å². The number of methoxy groups -OCH3 is 1. The first-order chi connectivity index (χ1) is 16.6. The summed E-state index contributed by atoms with van der Waals surface area (Å²) in [6.07, 6.45) is 13.5. The number of rotatable bonds is 7. The quantitative estimate of drug-likeness (QED) is 0.584. The van der Waals surface area contributed by atoms with E-state index in [0.717, 1.165) is 66.5 Å². The number of unbranched alkanes of at least 4 members (excludes halogenated alkanes) is 1. The molecule has 1 saturated heterocycles. The molecule has 3 aromatic rings. The molecular formula is C27H35N5O2. The average Bonchev–Trinajstić information content (AvgIpc) is 3.48. The van der Waals surface area contributed by atoms with Crippen molar-refractivity contribution in [2.24, 2.45) is 0 Å². The summed E-state index contributed by atoms with van der Waals surface area (Å²) in [5, 5.41) is 9.56. The summed E-state index contributed by atoms with van der Waals surface area (Å²) in [6, 6.07) is 8.59. The molecule has 7 heteroatoms. The molecule has 0 radical (unpaired) electrons. The number of ether oxygens (including phenoxy) is 2. The van der Waals surface area contributed by atoms with E-state index in [4.69, 9.17) is 9.47 Å². The van der Waals surface area contributed by atoms with Crippen molar-refractivity contribution in [1.29, 1.82) is 0 Å². The van der Waals surface area contributed by atoms with Crippen LogP contribution in [0.5, 0.6) is 5.88 Å². The van der Waals surface area contributed by atoms with Gasteiger partial charge in [0, 0.05) is 60.2 Å². The molecule has 1 unspecified atom stereocenters. The summed E-state index contributed by atoms with van der Waals surface area (Å²) in [6.45, 7) is 9.12. The van der Waals surface area contributed by atoms with Gasteiger partial charge in [0.05, 0.1) is 25.3 Å². The molecule has 180 valence electrons. The molecule has 3 aromatic heterocycles. The zero-order valence-electron chi connectivity index (χ0n) is 20.6.